The van der Waals surface area contributed by atoms with E-state index in [1.54, 1.807) is 18.2 Å². The van der Waals surface area contributed by atoms with Crippen LogP contribution in [0.5, 0.6) is 11.5 Å². The van der Waals surface area contributed by atoms with Gasteiger partial charge in [0.15, 0.2) is 11.5 Å². The Morgan fingerprint density at radius 1 is 0.929 bits per heavy atom. The summed E-state index contributed by atoms with van der Waals surface area (Å²) in [4.78, 5) is 12.5. The van der Waals surface area contributed by atoms with E-state index in [1.165, 1.54) is 42.8 Å². The van der Waals surface area contributed by atoms with Gasteiger partial charge in [0.05, 0.1) is 24.0 Å². The Kier molecular flexibility index (Phi) is 5.71. The van der Waals surface area contributed by atoms with Crippen LogP contribution in [0, 0.1) is 10.1 Å². The molecular formula is C18H21N3O6S. The number of hydrogen-bond donors (Lipinski definition) is 0. The third-order valence-electron chi connectivity index (χ3n) is 4.66. The Balaban J connectivity index is 1.72. The first kappa shape index (κ1) is 19.9. The van der Waals surface area contributed by atoms with Gasteiger partial charge in [-0.1, -0.05) is 0 Å². The highest BCUT2D eigenvalue weighted by Gasteiger charge is 2.29. The van der Waals surface area contributed by atoms with Gasteiger partial charge in [0.25, 0.3) is 5.69 Å². The number of methoxy groups -OCH3 is 2. The minimum Gasteiger partial charge on any atom is -0.493 e. The quantitative estimate of drug-likeness (QED) is 0.534. The van der Waals surface area contributed by atoms with Gasteiger partial charge in [-0.05, 0) is 24.3 Å². The Hall–Kier alpha value is -2.85. The fraction of sp³-hybridized carbons (Fsp3) is 0.333. The van der Waals surface area contributed by atoms with Gasteiger partial charge in [0.1, 0.15) is 0 Å². The highest BCUT2D eigenvalue weighted by atomic mass is 32.2. The topological polar surface area (TPSA) is 102 Å². The van der Waals surface area contributed by atoms with E-state index in [4.69, 9.17) is 9.47 Å². The van der Waals surface area contributed by atoms with E-state index in [0.29, 0.717) is 37.7 Å². The maximum Gasteiger partial charge on any atom is 0.269 e. The normalized spacial score (nSPS) is 15.3. The van der Waals surface area contributed by atoms with Crippen LogP contribution < -0.4 is 14.4 Å². The second-order valence-corrected chi connectivity index (χ2v) is 8.12. The number of non-ortho nitro benzene ring substituents is 1. The van der Waals surface area contributed by atoms with Gasteiger partial charge >= 0.3 is 0 Å². The van der Waals surface area contributed by atoms with E-state index in [0.717, 1.165) is 5.69 Å². The Morgan fingerprint density at radius 3 is 2.07 bits per heavy atom. The molecular weight excluding hydrogens is 386 g/mol. The van der Waals surface area contributed by atoms with Crippen LogP contribution in [0.1, 0.15) is 0 Å². The fourth-order valence-corrected chi connectivity index (χ4v) is 4.54. The van der Waals surface area contributed by atoms with E-state index in [9.17, 15) is 18.5 Å². The van der Waals surface area contributed by atoms with Crippen molar-refractivity contribution in [2.75, 3.05) is 45.3 Å². The van der Waals surface area contributed by atoms with Crippen molar-refractivity contribution >= 4 is 21.4 Å². The number of nitrogens with zero attached hydrogens (tertiary/aromatic N) is 3. The summed E-state index contributed by atoms with van der Waals surface area (Å²) >= 11 is 0. The number of piperazine rings is 1. The van der Waals surface area contributed by atoms with Crippen molar-refractivity contribution in [1.29, 1.82) is 0 Å². The molecule has 0 bridgehead atoms. The zero-order chi connectivity index (χ0) is 20.3. The third kappa shape index (κ3) is 3.87. The number of nitro groups is 1. The summed E-state index contributed by atoms with van der Waals surface area (Å²) < 4.78 is 37.7. The molecule has 10 heteroatoms. The van der Waals surface area contributed by atoms with Crippen molar-refractivity contribution in [1.82, 2.24) is 4.31 Å². The maximum atomic E-state index is 13.0. The van der Waals surface area contributed by atoms with Gasteiger partial charge in [-0.3, -0.25) is 10.1 Å². The van der Waals surface area contributed by atoms with Crippen LogP contribution in [0.15, 0.2) is 47.4 Å². The molecule has 0 radical (unpaired) electrons. The summed E-state index contributed by atoms with van der Waals surface area (Å²) in [7, 11) is -0.716. The number of hydrogen-bond acceptors (Lipinski definition) is 7. The average Bonchev–Trinajstić information content (AvgIpc) is 2.73. The predicted octanol–water partition coefficient (Wildman–Crippen LogP) is 2.12. The molecule has 0 N–H and O–H groups in total. The number of nitro benzene ring substituents is 1. The lowest BCUT2D eigenvalue weighted by atomic mass is 10.2. The van der Waals surface area contributed by atoms with Crippen molar-refractivity contribution in [3.05, 3.63) is 52.6 Å². The van der Waals surface area contributed by atoms with Gasteiger partial charge in [-0.2, -0.15) is 4.31 Å². The molecule has 2 aromatic carbocycles. The lowest BCUT2D eigenvalue weighted by Crippen LogP contribution is -2.48. The molecule has 1 heterocycles. The second kappa shape index (κ2) is 8.03. The van der Waals surface area contributed by atoms with Gasteiger partial charge < -0.3 is 14.4 Å². The lowest BCUT2D eigenvalue weighted by molar-refractivity contribution is -0.384. The Bertz CT molecular complexity index is 954. The molecule has 2 aromatic rings. The van der Waals surface area contributed by atoms with E-state index in [1.807, 2.05) is 4.90 Å². The summed E-state index contributed by atoms with van der Waals surface area (Å²) in [5.74, 6) is 0.817. The molecule has 0 aliphatic carbocycles. The molecule has 0 saturated carbocycles. The summed E-state index contributed by atoms with van der Waals surface area (Å²) in [6, 6.07) is 10.8. The number of ether oxygens (including phenoxy) is 2. The minimum absolute atomic E-state index is 0.0263. The molecule has 0 spiro atoms. The minimum atomic E-state index is -3.66. The molecule has 3 rings (SSSR count). The molecule has 1 aliphatic rings. The Labute approximate surface area is 163 Å². The number of sulfonamides is 1. The molecule has 0 aromatic heterocycles. The van der Waals surface area contributed by atoms with Gasteiger partial charge in [-0.15, -0.1) is 0 Å². The first-order chi connectivity index (χ1) is 13.4. The van der Waals surface area contributed by atoms with Crippen LogP contribution in [0.2, 0.25) is 0 Å². The molecule has 1 saturated heterocycles. The van der Waals surface area contributed by atoms with Crippen LogP contribution in [0.3, 0.4) is 0 Å². The zero-order valence-corrected chi connectivity index (χ0v) is 16.4. The van der Waals surface area contributed by atoms with E-state index in [-0.39, 0.29) is 10.6 Å². The average molecular weight is 407 g/mol. The summed E-state index contributed by atoms with van der Waals surface area (Å²) in [6.45, 7) is 1.61. The molecule has 1 aliphatic heterocycles. The molecule has 0 unspecified atom stereocenters. The number of benzene rings is 2. The van der Waals surface area contributed by atoms with Gasteiger partial charge in [0.2, 0.25) is 10.0 Å². The van der Waals surface area contributed by atoms with Crippen molar-refractivity contribution < 1.29 is 22.8 Å². The van der Waals surface area contributed by atoms with Crippen molar-refractivity contribution in [3.8, 4) is 11.5 Å². The van der Waals surface area contributed by atoms with Crippen molar-refractivity contribution in [2.24, 2.45) is 0 Å². The molecule has 150 valence electrons. The number of rotatable bonds is 6. The first-order valence-electron chi connectivity index (χ1n) is 8.58. The van der Waals surface area contributed by atoms with Crippen LogP contribution in [-0.4, -0.2) is 58.0 Å². The SMILES string of the molecule is COc1ccc(S(=O)(=O)N2CCN(c3ccc([N+](=O)[O-])cc3)CC2)cc1OC. The molecule has 0 amide bonds. The number of anilines is 1. The summed E-state index contributed by atoms with van der Waals surface area (Å²) in [5.41, 5.74) is 0.854. The van der Waals surface area contributed by atoms with E-state index >= 15 is 0 Å². The van der Waals surface area contributed by atoms with Crippen molar-refractivity contribution in [3.63, 3.8) is 0 Å². The summed E-state index contributed by atoms with van der Waals surface area (Å²) in [6.07, 6.45) is 0. The smallest absolute Gasteiger partial charge is 0.269 e. The van der Waals surface area contributed by atoms with Gasteiger partial charge in [-0.25, -0.2) is 8.42 Å². The molecule has 1 fully saturated rings. The molecule has 9 nitrogen and oxygen atoms in total. The highest BCUT2D eigenvalue weighted by molar-refractivity contribution is 7.89. The maximum absolute atomic E-state index is 13.0. The third-order valence-corrected chi connectivity index (χ3v) is 6.55. The second-order valence-electron chi connectivity index (χ2n) is 6.18. The van der Waals surface area contributed by atoms with Crippen LogP contribution in [0.4, 0.5) is 11.4 Å². The van der Waals surface area contributed by atoms with Crippen LogP contribution in [-0.2, 0) is 10.0 Å². The fourth-order valence-electron chi connectivity index (χ4n) is 3.10. The molecule has 28 heavy (non-hydrogen) atoms. The zero-order valence-electron chi connectivity index (χ0n) is 15.6. The lowest BCUT2D eigenvalue weighted by Gasteiger charge is -2.35. The van der Waals surface area contributed by atoms with Gasteiger partial charge in [0, 0.05) is 50.1 Å². The predicted molar refractivity (Wildman–Crippen MR) is 104 cm³/mol. The Morgan fingerprint density at radius 2 is 1.54 bits per heavy atom. The summed E-state index contributed by atoms with van der Waals surface area (Å²) in [5, 5.41) is 10.8. The largest absolute Gasteiger partial charge is 0.493 e. The van der Waals surface area contributed by atoms with Crippen LogP contribution >= 0.6 is 0 Å². The van der Waals surface area contributed by atoms with E-state index in [2.05, 4.69) is 0 Å². The molecule has 0 atom stereocenters. The van der Waals surface area contributed by atoms with Crippen LogP contribution in [0.25, 0.3) is 0 Å². The van der Waals surface area contributed by atoms with E-state index < -0.39 is 14.9 Å². The standard InChI is InChI=1S/C18H21N3O6S/c1-26-17-8-7-16(13-18(17)27-2)28(24,25)20-11-9-19(10-12-20)14-3-5-15(6-4-14)21(22)23/h3-8,13H,9-12H2,1-2H3. The highest BCUT2D eigenvalue weighted by Crippen LogP contribution is 2.31. The monoisotopic (exact) mass is 407 g/mol. The van der Waals surface area contributed by atoms with Crippen molar-refractivity contribution in [2.45, 2.75) is 4.90 Å². The first-order valence-corrected chi connectivity index (χ1v) is 10.0.